The molecule has 0 spiro atoms. The molecule has 138 valence electrons. The average molecular weight is 351 g/mol. The van der Waals surface area contributed by atoms with Crippen molar-refractivity contribution in [2.75, 3.05) is 24.5 Å². The summed E-state index contributed by atoms with van der Waals surface area (Å²) in [6.07, 6.45) is 6.72. The molecule has 0 aromatic heterocycles. The minimum atomic E-state index is -0.288. The summed E-state index contributed by atoms with van der Waals surface area (Å²) in [5.41, 5.74) is 2.04. The molecule has 1 aromatic rings. The lowest BCUT2D eigenvalue weighted by Crippen LogP contribution is -2.47. The van der Waals surface area contributed by atoms with Crippen molar-refractivity contribution >= 4 is 11.6 Å². The highest BCUT2D eigenvalue weighted by Gasteiger charge is 2.41. The number of anilines is 1. The van der Waals surface area contributed by atoms with Gasteiger partial charge in [-0.2, -0.15) is 5.26 Å². The Balaban J connectivity index is 1.67. The summed E-state index contributed by atoms with van der Waals surface area (Å²) in [5.74, 6) is 0.385. The molecule has 0 aliphatic carbocycles. The van der Waals surface area contributed by atoms with Crippen molar-refractivity contribution in [1.82, 2.24) is 4.90 Å². The Morgan fingerprint density at radius 3 is 2.73 bits per heavy atom. The molecule has 0 radical (unpaired) electrons. The number of piperidine rings is 1. The first kappa shape index (κ1) is 18.7. The molecule has 4 nitrogen and oxygen atoms in total. The number of benzene rings is 1. The van der Waals surface area contributed by atoms with Crippen LogP contribution in [0.25, 0.3) is 0 Å². The molecule has 26 heavy (non-hydrogen) atoms. The fourth-order valence-electron chi connectivity index (χ4n) is 4.43. The molecule has 1 fully saturated rings. The van der Waals surface area contributed by atoms with E-state index in [0.717, 1.165) is 43.7 Å². The molecular weight excluding hydrogens is 322 g/mol. The van der Waals surface area contributed by atoms with Crippen LogP contribution in [-0.2, 0) is 4.79 Å². The molecule has 2 aliphatic heterocycles. The van der Waals surface area contributed by atoms with E-state index >= 15 is 0 Å². The monoisotopic (exact) mass is 351 g/mol. The smallest absolute Gasteiger partial charge is 0.235 e. The van der Waals surface area contributed by atoms with Gasteiger partial charge in [0.15, 0.2) is 0 Å². The quantitative estimate of drug-likeness (QED) is 0.695. The second-order valence-corrected chi connectivity index (χ2v) is 7.50. The number of nitriles is 1. The molecule has 2 atom stereocenters. The fourth-order valence-corrected chi connectivity index (χ4v) is 4.43. The number of para-hydroxylation sites is 1. The van der Waals surface area contributed by atoms with Crippen LogP contribution in [-0.4, -0.2) is 36.5 Å². The van der Waals surface area contributed by atoms with Crippen LogP contribution in [0.3, 0.4) is 0 Å². The van der Waals surface area contributed by atoms with Gasteiger partial charge < -0.3 is 9.80 Å². The Hall–Kier alpha value is -2.12. The van der Waals surface area contributed by atoms with Gasteiger partial charge in [-0.25, -0.2) is 0 Å². The molecule has 2 aliphatic rings. The van der Waals surface area contributed by atoms with Crippen molar-refractivity contribution in [1.29, 1.82) is 5.26 Å². The van der Waals surface area contributed by atoms with Crippen LogP contribution in [0.5, 0.6) is 0 Å². The SMILES string of the molecule is C=CC(CCC)CN1CCC(N2C(=O)C(CC#N)c3ccccc32)CC1. The Kier molecular flexibility index (Phi) is 6.11. The molecule has 0 saturated carbocycles. The highest BCUT2D eigenvalue weighted by molar-refractivity contribution is 6.05. The topological polar surface area (TPSA) is 47.3 Å². The van der Waals surface area contributed by atoms with Crippen LogP contribution in [0.2, 0.25) is 0 Å². The summed E-state index contributed by atoms with van der Waals surface area (Å²) < 4.78 is 0. The third kappa shape index (κ3) is 3.68. The first-order chi connectivity index (χ1) is 12.7. The number of likely N-dealkylation sites (tertiary alicyclic amines) is 1. The molecule has 3 rings (SSSR count). The molecule has 2 heterocycles. The van der Waals surface area contributed by atoms with Gasteiger partial charge in [-0.15, -0.1) is 6.58 Å². The third-order valence-corrected chi connectivity index (χ3v) is 5.81. The highest BCUT2D eigenvalue weighted by Crippen LogP contribution is 2.41. The summed E-state index contributed by atoms with van der Waals surface area (Å²) in [4.78, 5) is 17.5. The molecule has 1 aromatic carbocycles. The maximum Gasteiger partial charge on any atom is 0.235 e. The first-order valence-corrected chi connectivity index (χ1v) is 9.83. The van der Waals surface area contributed by atoms with Crippen LogP contribution in [0.4, 0.5) is 5.69 Å². The summed E-state index contributed by atoms with van der Waals surface area (Å²) in [6, 6.07) is 10.4. The van der Waals surface area contributed by atoms with E-state index in [9.17, 15) is 4.79 Å². The van der Waals surface area contributed by atoms with Gasteiger partial charge in [0, 0.05) is 31.4 Å². The summed E-state index contributed by atoms with van der Waals surface area (Å²) in [6.45, 7) is 9.31. The maximum absolute atomic E-state index is 13.0. The molecule has 1 saturated heterocycles. The molecule has 1 amide bonds. The number of rotatable bonds is 7. The van der Waals surface area contributed by atoms with Gasteiger partial charge in [-0.05, 0) is 36.8 Å². The van der Waals surface area contributed by atoms with Crippen molar-refractivity contribution in [3.63, 3.8) is 0 Å². The number of carbonyl (C=O) groups is 1. The van der Waals surface area contributed by atoms with Crippen molar-refractivity contribution in [3.8, 4) is 6.07 Å². The zero-order valence-corrected chi connectivity index (χ0v) is 15.7. The maximum atomic E-state index is 13.0. The first-order valence-electron chi connectivity index (χ1n) is 9.83. The Bertz CT molecular complexity index is 685. The minimum Gasteiger partial charge on any atom is -0.308 e. The largest absolute Gasteiger partial charge is 0.308 e. The van der Waals surface area contributed by atoms with E-state index in [2.05, 4.69) is 30.5 Å². The Morgan fingerprint density at radius 2 is 2.08 bits per heavy atom. The molecular formula is C22H29N3O. The van der Waals surface area contributed by atoms with Crippen LogP contribution in [0, 0.1) is 17.2 Å². The zero-order chi connectivity index (χ0) is 18.5. The van der Waals surface area contributed by atoms with E-state index in [1.807, 2.05) is 29.2 Å². The van der Waals surface area contributed by atoms with Crippen molar-refractivity contribution in [2.45, 2.75) is 51.0 Å². The number of amides is 1. The van der Waals surface area contributed by atoms with Gasteiger partial charge in [-0.1, -0.05) is 37.6 Å². The standard InChI is InChI=1S/C22H29N3O/c1-3-7-17(4-2)16-24-14-11-18(12-15-24)25-21-9-6-5-8-19(21)20(10-13-23)22(25)26/h4-6,8-9,17-18,20H,2-3,7,10-12,14-16H2,1H3. The van der Waals surface area contributed by atoms with Crippen LogP contribution >= 0.6 is 0 Å². The van der Waals surface area contributed by atoms with Crippen molar-refractivity contribution in [2.24, 2.45) is 5.92 Å². The van der Waals surface area contributed by atoms with E-state index in [1.165, 1.54) is 12.8 Å². The fraction of sp³-hybridized carbons (Fsp3) is 0.545. The van der Waals surface area contributed by atoms with Crippen molar-refractivity contribution in [3.05, 3.63) is 42.5 Å². The van der Waals surface area contributed by atoms with Gasteiger partial charge in [-0.3, -0.25) is 4.79 Å². The third-order valence-electron chi connectivity index (χ3n) is 5.81. The second kappa shape index (κ2) is 8.51. The van der Waals surface area contributed by atoms with Gasteiger partial charge in [0.2, 0.25) is 5.91 Å². The number of hydrogen-bond acceptors (Lipinski definition) is 3. The normalized spacial score (nSPS) is 22.1. The predicted molar refractivity (Wildman–Crippen MR) is 105 cm³/mol. The number of carbonyl (C=O) groups excluding carboxylic acids is 1. The highest BCUT2D eigenvalue weighted by atomic mass is 16.2. The van der Waals surface area contributed by atoms with E-state index in [0.29, 0.717) is 5.92 Å². The minimum absolute atomic E-state index is 0.112. The predicted octanol–water partition coefficient (Wildman–Crippen LogP) is 4.10. The zero-order valence-electron chi connectivity index (χ0n) is 15.7. The Morgan fingerprint density at radius 1 is 1.35 bits per heavy atom. The number of nitrogens with zero attached hydrogens (tertiary/aromatic N) is 3. The number of fused-ring (bicyclic) bond motifs is 1. The van der Waals surface area contributed by atoms with Crippen LogP contribution in [0.1, 0.15) is 50.5 Å². The van der Waals surface area contributed by atoms with Crippen LogP contribution in [0.15, 0.2) is 36.9 Å². The van der Waals surface area contributed by atoms with E-state index in [-0.39, 0.29) is 24.3 Å². The molecule has 2 unspecified atom stereocenters. The second-order valence-electron chi connectivity index (χ2n) is 7.50. The van der Waals surface area contributed by atoms with Crippen LogP contribution < -0.4 is 4.90 Å². The summed E-state index contributed by atoms with van der Waals surface area (Å²) >= 11 is 0. The molecule has 4 heteroatoms. The van der Waals surface area contributed by atoms with E-state index < -0.39 is 0 Å². The lowest BCUT2D eigenvalue weighted by molar-refractivity contribution is -0.119. The van der Waals surface area contributed by atoms with Gasteiger partial charge >= 0.3 is 0 Å². The van der Waals surface area contributed by atoms with Gasteiger partial charge in [0.1, 0.15) is 0 Å². The lowest BCUT2D eigenvalue weighted by atomic mass is 9.98. The Labute approximate surface area is 157 Å². The lowest BCUT2D eigenvalue weighted by Gasteiger charge is -2.38. The molecule has 0 N–H and O–H groups in total. The number of hydrogen-bond donors (Lipinski definition) is 0. The van der Waals surface area contributed by atoms with Gasteiger partial charge in [0.05, 0.1) is 18.4 Å². The van der Waals surface area contributed by atoms with Crippen molar-refractivity contribution < 1.29 is 4.79 Å². The summed E-state index contributed by atoms with van der Waals surface area (Å²) in [7, 11) is 0. The summed E-state index contributed by atoms with van der Waals surface area (Å²) in [5, 5.41) is 9.12. The average Bonchev–Trinajstić information content (AvgIpc) is 2.94. The van der Waals surface area contributed by atoms with E-state index in [4.69, 9.17) is 5.26 Å². The van der Waals surface area contributed by atoms with Gasteiger partial charge in [0.25, 0.3) is 0 Å². The molecule has 0 bridgehead atoms. The van der Waals surface area contributed by atoms with E-state index in [1.54, 1.807) is 0 Å².